The zero-order valence-electron chi connectivity index (χ0n) is 17.1. The first-order valence-electron chi connectivity index (χ1n) is 10.2. The Kier molecular flexibility index (Phi) is 7.56. The molecule has 0 saturated heterocycles. The van der Waals surface area contributed by atoms with Crippen molar-refractivity contribution in [3.63, 3.8) is 0 Å². The largest absolute Gasteiger partial charge is 0.477 e. The molecule has 0 spiro atoms. The number of rotatable bonds is 8. The van der Waals surface area contributed by atoms with Gasteiger partial charge in [0.05, 0.1) is 11.8 Å². The molecule has 1 aromatic carbocycles. The number of nitrogens with zero attached hydrogens (tertiary/aromatic N) is 1. The van der Waals surface area contributed by atoms with Gasteiger partial charge in [0.25, 0.3) is 5.91 Å². The predicted molar refractivity (Wildman–Crippen MR) is 116 cm³/mol. The van der Waals surface area contributed by atoms with Crippen molar-refractivity contribution in [3.05, 3.63) is 40.7 Å². The number of carboxylic acids is 1. The highest BCUT2D eigenvalue weighted by molar-refractivity contribution is 7.17. The number of amides is 2. The van der Waals surface area contributed by atoms with E-state index in [0.29, 0.717) is 12.1 Å². The van der Waals surface area contributed by atoms with Gasteiger partial charge in [-0.3, -0.25) is 9.59 Å². The topological polar surface area (TPSA) is 120 Å². The molecule has 1 saturated carbocycles. The van der Waals surface area contributed by atoms with Gasteiger partial charge in [-0.2, -0.15) is 0 Å². The first-order valence-corrected chi connectivity index (χ1v) is 11.0. The number of carbonyl (C=O) groups is 3. The molecule has 1 aromatic heterocycles. The number of hydrogen-bond acceptors (Lipinski definition) is 6. The molecule has 31 heavy (non-hydrogen) atoms. The van der Waals surface area contributed by atoms with Crippen LogP contribution in [0.1, 0.15) is 58.6 Å². The lowest BCUT2D eigenvalue weighted by atomic mass is 9.84. The van der Waals surface area contributed by atoms with Crippen LogP contribution in [0.5, 0.6) is 0 Å². The van der Waals surface area contributed by atoms with Crippen molar-refractivity contribution in [2.24, 2.45) is 5.92 Å². The molecule has 10 heteroatoms. The molecule has 0 bridgehead atoms. The third-order valence-corrected chi connectivity index (χ3v) is 6.26. The van der Waals surface area contributed by atoms with E-state index in [4.69, 9.17) is 5.11 Å². The Labute approximate surface area is 183 Å². The number of carbonyl (C=O) groups excluding carboxylic acids is 2. The van der Waals surface area contributed by atoms with E-state index in [0.717, 1.165) is 49.5 Å². The van der Waals surface area contributed by atoms with E-state index in [-0.39, 0.29) is 21.5 Å². The first-order chi connectivity index (χ1) is 14.9. The lowest BCUT2D eigenvalue weighted by Gasteiger charge is -2.26. The van der Waals surface area contributed by atoms with E-state index in [2.05, 4.69) is 20.9 Å². The minimum atomic E-state index is -1.13. The van der Waals surface area contributed by atoms with Crippen LogP contribution in [0.2, 0.25) is 0 Å². The summed E-state index contributed by atoms with van der Waals surface area (Å²) >= 11 is 0.841. The van der Waals surface area contributed by atoms with Crippen LogP contribution in [0.3, 0.4) is 0 Å². The molecular formula is C21H25FN4O4S. The molecule has 8 nitrogen and oxygen atoms in total. The number of nitrogens with one attached hydrogen (secondary N) is 3. The van der Waals surface area contributed by atoms with Crippen LogP contribution in [0, 0.1) is 11.7 Å². The molecule has 2 amide bonds. The molecule has 1 aliphatic carbocycles. The third-order valence-electron chi connectivity index (χ3n) is 5.36. The minimum absolute atomic E-state index is 0.00147. The van der Waals surface area contributed by atoms with Gasteiger partial charge < -0.3 is 21.1 Å². The Balaban J connectivity index is 1.78. The molecule has 2 aromatic rings. The van der Waals surface area contributed by atoms with Gasteiger partial charge in [-0.25, -0.2) is 14.2 Å². The van der Waals surface area contributed by atoms with E-state index in [1.165, 1.54) is 18.3 Å². The second-order valence-electron chi connectivity index (χ2n) is 7.53. The summed E-state index contributed by atoms with van der Waals surface area (Å²) in [6.45, 7) is 0. The van der Waals surface area contributed by atoms with Gasteiger partial charge in [0.15, 0.2) is 5.13 Å². The van der Waals surface area contributed by atoms with Crippen LogP contribution >= 0.6 is 11.3 Å². The van der Waals surface area contributed by atoms with Crippen molar-refractivity contribution in [1.29, 1.82) is 0 Å². The van der Waals surface area contributed by atoms with Crippen molar-refractivity contribution >= 4 is 39.9 Å². The minimum Gasteiger partial charge on any atom is -0.477 e. The van der Waals surface area contributed by atoms with Gasteiger partial charge in [0.1, 0.15) is 16.7 Å². The van der Waals surface area contributed by atoms with Crippen molar-refractivity contribution in [2.75, 3.05) is 17.7 Å². The van der Waals surface area contributed by atoms with Crippen LogP contribution in [-0.2, 0) is 4.79 Å². The number of hydrogen-bond donors (Lipinski definition) is 4. The van der Waals surface area contributed by atoms with Gasteiger partial charge in [0.2, 0.25) is 5.91 Å². The summed E-state index contributed by atoms with van der Waals surface area (Å²) in [5.41, 5.74) is 0.549. The molecular weight excluding hydrogens is 423 g/mol. The lowest BCUT2D eigenvalue weighted by Crippen LogP contribution is -2.45. The van der Waals surface area contributed by atoms with Crippen LogP contribution < -0.4 is 16.0 Å². The van der Waals surface area contributed by atoms with Crippen LogP contribution in [0.25, 0.3) is 0 Å². The van der Waals surface area contributed by atoms with Crippen LogP contribution in [0.15, 0.2) is 24.4 Å². The van der Waals surface area contributed by atoms with Crippen LogP contribution in [-0.4, -0.2) is 41.0 Å². The summed E-state index contributed by atoms with van der Waals surface area (Å²) in [7, 11) is 1.62. The monoisotopic (exact) mass is 448 g/mol. The number of benzene rings is 1. The molecule has 0 radical (unpaired) electrons. The number of halogens is 1. The highest BCUT2D eigenvalue weighted by Gasteiger charge is 2.28. The quantitative estimate of drug-likeness (QED) is 0.488. The maximum absolute atomic E-state index is 13.7. The summed E-state index contributed by atoms with van der Waals surface area (Å²) in [5, 5.41) is 17.4. The SMILES string of the molecule is CNc1ccc(F)cc1C(=O)NC(CC1CCCCC1)C(=O)Nc1ncc(C(=O)O)s1. The number of thiazole rings is 1. The number of anilines is 2. The van der Waals surface area contributed by atoms with E-state index in [1.807, 2.05) is 0 Å². The van der Waals surface area contributed by atoms with Crippen molar-refractivity contribution in [2.45, 2.75) is 44.6 Å². The normalized spacial score (nSPS) is 15.2. The van der Waals surface area contributed by atoms with E-state index in [9.17, 15) is 18.8 Å². The summed E-state index contributed by atoms with van der Waals surface area (Å²) in [6.07, 6.45) is 6.88. The highest BCUT2D eigenvalue weighted by atomic mass is 32.1. The molecule has 0 aliphatic heterocycles. The van der Waals surface area contributed by atoms with Gasteiger partial charge >= 0.3 is 5.97 Å². The second kappa shape index (κ2) is 10.3. The lowest BCUT2D eigenvalue weighted by molar-refractivity contribution is -0.118. The van der Waals surface area contributed by atoms with E-state index in [1.54, 1.807) is 7.05 Å². The van der Waals surface area contributed by atoms with Crippen molar-refractivity contribution < 1.29 is 23.9 Å². The Morgan fingerprint density at radius 3 is 2.65 bits per heavy atom. The summed E-state index contributed by atoms with van der Waals surface area (Å²) < 4.78 is 13.7. The van der Waals surface area contributed by atoms with Crippen molar-refractivity contribution in [3.8, 4) is 0 Å². The number of carboxylic acid groups (broad SMARTS) is 1. The first kappa shape index (κ1) is 22.7. The molecule has 1 heterocycles. The summed E-state index contributed by atoms with van der Waals surface area (Å²) in [4.78, 5) is 40.8. The Hall–Kier alpha value is -3.01. The number of aromatic nitrogens is 1. The maximum Gasteiger partial charge on any atom is 0.347 e. The van der Waals surface area contributed by atoms with Gasteiger partial charge in [0, 0.05) is 12.7 Å². The molecule has 1 unspecified atom stereocenters. The van der Waals surface area contributed by atoms with E-state index >= 15 is 0 Å². The standard InChI is InChI=1S/C21H25FN4O4S/c1-23-15-8-7-13(22)10-14(15)18(27)25-16(9-12-5-3-2-4-6-12)19(28)26-21-24-11-17(31-21)20(29)30/h7-8,10-12,16,23H,2-6,9H2,1H3,(H,25,27)(H,29,30)(H,24,26,28). The zero-order chi connectivity index (χ0) is 22.4. The molecule has 1 atom stereocenters. The van der Waals surface area contributed by atoms with Crippen molar-refractivity contribution in [1.82, 2.24) is 10.3 Å². The fraction of sp³-hybridized carbons (Fsp3) is 0.429. The second-order valence-corrected chi connectivity index (χ2v) is 8.56. The summed E-state index contributed by atoms with van der Waals surface area (Å²) in [5.74, 6) is -2.44. The zero-order valence-corrected chi connectivity index (χ0v) is 17.9. The molecule has 3 rings (SSSR count). The number of aromatic carboxylic acids is 1. The average Bonchev–Trinajstić information content (AvgIpc) is 3.22. The summed E-state index contributed by atoms with van der Waals surface area (Å²) in [6, 6.07) is 2.97. The fourth-order valence-corrected chi connectivity index (χ4v) is 4.43. The molecule has 1 aliphatic rings. The van der Waals surface area contributed by atoms with Gasteiger partial charge in [-0.15, -0.1) is 0 Å². The Bertz CT molecular complexity index is 959. The highest BCUT2D eigenvalue weighted by Crippen LogP contribution is 2.28. The van der Waals surface area contributed by atoms with Gasteiger partial charge in [-0.05, 0) is 30.5 Å². The van der Waals surface area contributed by atoms with E-state index < -0.39 is 29.6 Å². The third kappa shape index (κ3) is 6.00. The maximum atomic E-state index is 13.7. The Morgan fingerprint density at radius 1 is 1.26 bits per heavy atom. The predicted octanol–water partition coefficient (Wildman–Crippen LogP) is 3.73. The van der Waals surface area contributed by atoms with Gasteiger partial charge in [-0.1, -0.05) is 43.4 Å². The fourth-order valence-electron chi connectivity index (χ4n) is 3.77. The molecule has 1 fully saturated rings. The molecule has 166 valence electrons. The average molecular weight is 449 g/mol. The molecule has 4 N–H and O–H groups in total. The Morgan fingerprint density at radius 2 is 2.00 bits per heavy atom. The van der Waals surface area contributed by atoms with Crippen LogP contribution in [0.4, 0.5) is 15.2 Å². The smallest absolute Gasteiger partial charge is 0.347 e.